The summed E-state index contributed by atoms with van der Waals surface area (Å²) in [4.78, 5) is 0. The third-order valence-electron chi connectivity index (χ3n) is 2.87. The van der Waals surface area contributed by atoms with E-state index in [9.17, 15) is 0 Å². The van der Waals surface area contributed by atoms with Crippen molar-refractivity contribution in [2.45, 2.75) is 13.8 Å². The minimum Gasteiger partial charge on any atom is -0.397 e. The second-order valence-corrected chi connectivity index (χ2v) is 4.12. The van der Waals surface area contributed by atoms with Gasteiger partial charge in [-0.15, -0.1) is 24.8 Å². The van der Waals surface area contributed by atoms with Gasteiger partial charge in [-0.1, -0.05) is 42.0 Å². The molecule has 4 heteroatoms. The Kier molecular flexibility index (Phi) is 6.02. The molecule has 0 bridgehead atoms. The summed E-state index contributed by atoms with van der Waals surface area (Å²) in [5.74, 6) is 0. The molecule has 2 rings (SSSR count). The van der Waals surface area contributed by atoms with Crippen molar-refractivity contribution in [2.75, 3.05) is 11.5 Å². The van der Waals surface area contributed by atoms with E-state index in [1.165, 1.54) is 5.56 Å². The van der Waals surface area contributed by atoms with Crippen LogP contribution >= 0.6 is 24.8 Å². The molecule has 0 spiro atoms. The Morgan fingerprint density at radius 1 is 0.722 bits per heavy atom. The lowest BCUT2D eigenvalue weighted by Crippen LogP contribution is -1.99. The van der Waals surface area contributed by atoms with Crippen molar-refractivity contribution in [1.82, 2.24) is 0 Å². The van der Waals surface area contributed by atoms with E-state index in [0.29, 0.717) is 11.4 Å². The van der Waals surface area contributed by atoms with Crippen LogP contribution in [0.2, 0.25) is 0 Å². The van der Waals surface area contributed by atoms with Gasteiger partial charge in [0.15, 0.2) is 0 Å². The van der Waals surface area contributed by atoms with E-state index in [1.807, 2.05) is 19.1 Å². The number of hydrogen-bond donors (Lipinski definition) is 2. The zero-order valence-electron chi connectivity index (χ0n) is 10.4. The quantitative estimate of drug-likeness (QED) is 0.779. The first-order valence-electron chi connectivity index (χ1n) is 5.31. The predicted molar refractivity (Wildman–Crippen MR) is 84.7 cm³/mol. The third-order valence-corrected chi connectivity index (χ3v) is 2.87. The first-order chi connectivity index (χ1) is 7.59. The Hall–Kier alpha value is -1.38. The summed E-state index contributed by atoms with van der Waals surface area (Å²) in [6, 6.07) is 12.3. The van der Waals surface area contributed by atoms with Gasteiger partial charge in [0.25, 0.3) is 0 Å². The smallest absolute Gasteiger partial charge is 0.0630 e. The molecule has 0 heterocycles. The minimum absolute atomic E-state index is 0. The van der Waals surface area contributed by atoms with Gasteiger partial charge in [-0.3, -0.25) is 0 Å². The molecule has 0 saturated carbocycles. The lowest BCUT2D eigenvalue weighted by atomic mass is 9.99. The van der Waals surface area contributed by atoms with Crippen LogP contribution in [0.4, 0.5) is 11.4 Å². The average molecular weight is 285 g/mol. The van der Waals surface area contributed by atoms with E-state index in [0.717, 1.165) is 16.7 Å². The first-order valence-corrected chi connectivity index (χ1v) is 5.31. The van der Waals surface area contributed by atoms with Crippen LogP contribution in [0.25, 0.3) is 11.1 Å². The van der Waals surface area contributed by atoms with Crippen LogP contribution in [-0.2, 0) is 0 Å². The number of benzene rings is 2. The van der Waals surface area contributed by atoms with Crippen molar-refractivity contribution in [3.8, 4) is 11.1 Å². The molecule has 0 saturated heterocycles. The van der Waals surface area contributed by atoms with Crippen molar-refractivity contribution in [1.29, 1.82) is 0 Å². The van der Waals surface area contributed by atoms with Crippen LogP contribution in [0.1, 0.15) is 11.1 Å². The second kappa shape index (κ2) is 6.53. The molecular weight excluding hydrogens is 267 g/mol. The second-order valence-electron chi connectivity index (χ2n) is 4.12. The van der Waals surface area contributed by atoms with Gasteiger partial charge in [0, 0.05) is 5.56 Å². The summed E-state index contributed by atoms with van der Waals surface area (Å²) in [7, 11) is 0. The molecular formula is C14H18Cl2N2. The van der Waals surface area contributed by atoms with Crippen molar-refractivity contribution in [3.63, 3.8) is 0 Å². The van der Waals surface area contributed by atoms with Gasteiger partial charge in [-0.25, -0.2) is 0 Å². The average Bonchev–Trinajstić information content (AvgIpc) is 2.28. The van der Waals surface area contributed by atoms with Crippen LogP contribution in [0.3, 0.4) is 0 Å². The maximum Gasteiger partial charge on any atom is 0.0630 e. The molecule has 0 aliphatic heterocycles. The molecule has 2 aromatic carbocycles. The van der Waals surface area contributed by atoms with E-state index < -0.39 is 0 Å². The third kappa shape index (κ3) is 3.09. The molecule has 2 aromatic rings. The van der Waals surface area contributed by atoms with E-state index in [-0.39, 0.29) is 24.8 Å². The number of rotatable bonds is 1. The molecule has 98 valence electrons. The number of aryl methyl sites for hydroxylation is 2. The summed E-state index contributed by atoms with van der Waals surface area (Å²) in [6.07, 6.45) is 0. The topological polar surface area (TPSA) is 52.0 Å². The fraction of sp³-hybridized carbons (Fsp3) is 0.143. The van der Waals surface area contributed by atoms with Crippen molar-refractivity contribution in [3.05, 3.63) is 47.5 Å². The fourth-order valence-corrected chi connectivity index (χ4v) is 1.73. The molecule has 0 aliphatic carbocycles. The van der Waals surface area contributed by atoms with Gasteiger partial charge in [0.2, 0.25) is 0 Å². The predicted octanol–water partition coefficient (Wildman–Crippen LogP) is 3.98. The highest BCUT2D eigenvalue weighted by molar-refractivity contribution is 5.86. The highest BCUT2D eigenvalue weighted by Gasteiger charge is 2.06. The Balaban J connectivity index is 0.00000144. The van der Waals surface area contributed by atoms with Gasteiger partial charge in [-0.05, 0) is 25.0 Å². The molecule has 2 nitrogen and oxygen atoms in total. The summed E-state index contributed by atoms with van der Waals surface area (Å²) in [6.45, 7) is 4.03. The number of hydrogen-bond acceptors (Lipinski definition) is 2. The SMILES string of the molecule is Cc1ccc(-c2ccc(C)c(N)c2N)cc1.Cl.Cl. The summed E-state index contributed by atoms with van der Waals surface area (Å²) >= 11 is 0. The summed E-state index contributed by atoms with van der Waals surface area (Å²) in [5, 5.41) is 0. The van der Waals surface area contributed by atoms with Crippen molar-refractivity contribution >= 4 is 36.2 Å². The number of nitrogens with two attached hydrogens (primary N) is 2. The number of anilines is 2. The molecule has 18 heavy (non-hydrogen) atoms. The molecule has 0 amide bonds. The van der Waals surface area contributed by atoms with Gasteiger partial charge < -0.3 is 11.5 Å². The lowest BCUT2D eigenvalue weighted by molar-refractivity contribution is 1.45. The highest BCUT2D eigenvalue weighted by Crippen LogP contribution is 2.32. The zero-order valence-corrected chi connectivity index (χ0v) is 12.1. The van der Waals surface area contributed by atoms with E-state index in [2.05, 4.69) is 31.2 Å². The van der Waals surface area contributed by atoms with E-state index >= 15 is 0 Å². The summed E-state index contributed by atoms with van der Waals surface area (Å²) < 4.78 is 0. The molecule has 0 aromatic heterocycles. The normalized spacial score (nSPS) is 9.22. The largest absolute Gasteiger partial charge is 0.397 e. The fourth-order valence-electron chi connectivity index (χ4n) is 1.73. The van der Waals surface area contributed by atoms with Crippen molar-refractivity contribution in [2.24, 2.45) is 0 Å². The maximum absolute atomic E-state index is 6.03. The van der Waals surface area contributed by atoms with Gasteiger partial charge in [0.1, 0.15) is 0 Å². The molecule has 4 N–H and O–H groups in total. The molecule has 0 radical (unpaired) electrons. The van der Waals surface area contributed by atoms with Crippen molar-refractivity contribution < 1.29 is 0 Å². The maximum atomic E-state index is 6.03. The number of halogens is 2. The highest BCUT2D eigenvalue weighted by atomic mass is 35.5. The monoisotopic (exact) mass is 284 g/mol. The Morgan fingerprint density at radius 2 is 1.28 bits per heavy atom. The summed E-state index contributed by atoms with van der Waals surface area (Å²) in [5.41, 5.74) is 17.7. The van der Waals surface area contributed by atoms with Crippen LogP contribution in [0.15, 0.2) is 36.4 Å². The molecule has 0 unspecified atom stereocenters. The lowest BCUT2D eigenvalue weighted by Gasteiger charge is -2.10. The van der Waals surface area contributed by atoms with Gasteiger partial charge in [-0.2, -0.15) is 0 Å². The van der Waals surface area contributed by atoms with Gasteiger partial charge in [0.05, 0.1) is 11.4 Å². The first kappa shape index (κ1) is 16.6. The Morgan fingerprint density at radius 3 is 1.83 bits per heavy atom. The number of nitrogen functional groups attached to an aromatic ring is 2. The van der Waals surface area contributed by atoms with E-state index in [4.69, 9.17) is 11.5 Å². The van der Waals surface area contributed by atoms with E-state index in [1.54, 1.807) is 0 Å². The van der Waals surface area contributed by atoms with Crippen LogP contribution in [0, 0.1) is 13.8 Å². The molecule has 0 fully saturated rings. The van der Waals surface area contributed by atoms with Crippen LogP contribution in [0.5, 0.6) is 0 Å². The molecule has 0 aliphatic rings. The minimum atomic E-state index is 0. The zero-order chi connectivity index (χ0) is 11.7. The Labute approximate surface area is 120 Å². The van der Waals surface area contributed by atoms with Gasteiger partial charge >= 0.3 is 0 Å². The standard InChI is InChI=1S/C14H16N2.2ClH/c1-9-3-6-11(7-4-9)12-8-5-10(2)13(15)14(12)16;;/h3-8H,15-16H2,1-2H3;2*1H. The van der Waals surface area contributed by atoms with Crippen LogP contribution in [-0.4, -0.2) is 0 Å². The molecule has 0 atom stereocenters. The Bertz CT molecular complexity index is 522. The van der Waals surface area contributed by atoms with Crippen LogP contribution < -0.4 is 11.5 Å².